The molecule has 0 spiro atoms. The molecule has 0 aromatic rings. The minimum Gasteiger partial charge on any atom is -0.385 e. The van der Waals surface area contributed by atoms with E-state index >= 15 is 0 Å². The van der Waals surface area contributed by atoms with Crippen LogP contribution in [0.25, 0.3) is 0 Å². The Labute approximate surface area is 105 Å². The maximum absolute atomic E-state index is 9.13. The minimum atomic E-state index is 0.102. The summed E-state index contributed by atoms with van der Waals surface area (Å²) in [7, 11) is 1.70. The molecule has 3 atom stereocenters. The molecule has 0 aromatic carbocycles. The van der Waals surface area contributed by atoms with Crippen molar-refractivity contribution in [2.75, 3.05) is 20.3 Å². The Kier molecular flexibility index (Phi) is 7.23. The van der Waals surface area contributed by atoms with Gasteiger partial charge in [-0.25, -0.2) is 0 Å². The monoisotopic (exact) mass is 239 g/mol. The van der Waals surface area contributed by atoms with Crippen molar-refractivity contribution in [3.05, 3.63) is 0 Å². The molecule has 17 heavy (non-hydrogen) atoms. The van der Waals surface area contributed by atoms with E-state index in [1.165, 1.54) is 19.3 Å². The number of nitriles is 1. The first-order chi connectivity index (χ1) is 8.31. The van der Waals surface area contributed by atoms with E-state index in [0.29, 0.717) is 0 Å². The van der Waals surface area contributed by atoms with Crippen LogP contribution in [-0.2, 0) is 9.47 Å². The summed E-state index contributed by atoms with van der Waals surface area (Å²) in [6, 6.07) is 2.40. The van der Waals surface area contributed by atoms with E-state index < -0.39 is 0 Å². The molecule has 1 fully saturated rings. The molecule has 98 valence electrons. The van der Waals surface area contributed by atoms with Gasteiger partial charge in [0.2, 0.25) is 0 Å². The number of methoxy groups -OCH3 is 1. The molecule has 3 heteroatoms. The van der Waals surface area contributed by atoms with Gasteiger partial charge in [0.15, 0.2) is 0 Å². The lowest BCUT2D eigenvalue weighted by Gasteiger charge is -2.32. The van der Waals surface area contributed by atoms with Crippen LogP contribution in [0.5, 0.6) is 0 Å². The third kappa shape index (κ3) is 5.06. The summed E-state index contributed by atoms with van der Waals surface area (Å²) in [5.41, 5.74) is 0. The van der Waals surface area contributed by atoms with Crippen LogP contribution in [-0.4, -0.2) is 26.4 Å². The largest absolute Gasteiger partial charge is 0.385 e. The second-order valence-electron chi connectivity index (χ2n) is 4.96. The van der Waals surface area contributed by atoms with E-state index in [1.807, 2.05) is 0 Å². The molecule has 0 aromatic heterocycles. The number of rotatable bonds is 7. The van der Waals surface area contributed by atoms with Crippen molar-refractivity contribution < 1.29 is 9.47 Å². The molecule has 0 aliphatic heterocycles. The highest BCUT2D eigenvalue weighted by molar-refractivity contribution is 4.93. The van der Waals surface area contributed by atoms with Crippen LogP contribution in [0.3, 0.4) is 0 Å². The van der Waals surface area contributed by atoms with Gasteiger partial charge in [-0.3, -0.25) is 0 Å². The summed E-state index contributed by atoms with van der Waals surface area (Å²) in [6.45, 7) is 3.68. The highest BCUT2D eigenvalue weighted by Crippen LogP contribution is 2.33. The molecule has 0 saturated heterocycles. The van der Waals surface area contributed by atoms with Crippen molar-refractivity contribution in [3.63, 3.8) is 0 Å². The van der Waals surface area contributed by atoms with Crippen molar-refractivity contribution in [1.29, 1.82) is 5.26 Å². The quantitative estimate of drug-likeness (QED) is 0.641. The summed E-state index contributed by atoms with van der Waals surface area (Å²) in [5.74, 6) is 0.864. The van der Waals surface area contributed by atoms with Gasteiger partial charge in [0.25, 0.3) is 0 Å². The zero-order chi connectivity index (χ0) is 12.5. The maximum atomic E-state index is 9.13. The molecule has 0 radical (unpaired) electrons. The highest BCUT2D eigenvalue weighted by Gasteiger charge is 2.30. The van der Waals surface area contributed by atoms with Crippen LogP contribution < -0.4 is 0 Å². The first-order valence-electron chi connectivity index (χ1n) is 6.82. The SMILES string of the molecule is CCCC1CCC(C#N)C(OCCCOC)C1. The fraction of sp³-hybridized carbons (Fsp3) is 0.929. The van der Waals surface area contributed by atoms with Crippen LogP contribution in [0.4, 0.5) is 0 Å². The van der Waals surface area contributed by atoms with Crippen LogP contribution >= 0.6 is 0 Å². The van der Waals surface area contributed by atoms with Crippen molar-refractivity contribution >= 4 is 0 Å². The number of hydrogen-bond donors (Lipinski definition) is 0. The molecule has 1 rings (SSSR count). The predicted molar refractivity (Wildman–Crippen MR) is 67.6 cm³/mol. The minimum absolute atomic E-state index is 0.102. The van der Waals surface area contributed by atoms with E-state index in [1.54, 1.807) is 7.11 Å². The Morgan fingerprint density at radius 1 is 1.29 bits per heavy atom. The molecule has 3 nitrogen and oxygen atoms in total. The standard InChI is InChI=1S/C14H25NO2/c1-3-5-12-6-7-13(11-15)14(10-12)17-9-4-8-16-2/h12-14H,3-10H2,1-2H3. The third-order valence-electron chi connectivity index (χ3n) is 3.59. The van der Waals surface area contributed by atoms with Crippen LogP contribution in [0, 0.1) is 23.2 Å². The fourth-order valence-corrected chi connectivity index (χ4v) is 2.65. The second-order valence-corrected chi connectivity index (χ2v) is 4.96. The first kappa shape index (κ1) is 14.5. The van der Waals surface area contributed by atoms with Crippen molar-refractivity contribution in [2.45, 2.75) is 51.6 Å². The van der Waals surface area contributed by atoms with Crippen LogP contribution in [0.1, 0.15) is 45.4 Å². The van der Waals surface area contributed by atoms with Gasteiger partial charge in [0.1, 0.15) is 0 Å². The average molecular weight is 239 g/mol. The van der Waals surface area contributed by atoms with E-state index in [2.05, 4.69) is 13.0 Å². The van der Waals surface area contributed by atoms with Gasteiger partial charge in [-0.2, -0.15) is 5.26 Å². The summed E-state index contributed by atoms with van der Waals surface area (Å²) in [5, 5.41) is 9.13. The smallest absolute Gasteiger partial charge is 0.0735 e. The van der Waals surface area contributed by atoms with E-state index in [9.17, 15) is 0 Å². The van der Waals surface area contributed by atoms with E-state index in [4.69, 9.17) is 14.7 Å². The molecule has 0 N–H and O–H groups in total. The molecule has 0 bridgehead atoms. The van der Waals surface area contributed by atoms with Gasteiger partial charge in [-0.1, -0.05) is 19.8 Å². The zero-order valence-corrected chi connectivity index (χ0v) is 11.2. The van der Waals surface area contributed by atoms with Crippen molar-refractivity contribution in [1.82, 2.24) is 0 Å². The Bertz CT molecular complexity index is 237. The summed E-state index contributed by atoms with van der Waals surface area (Å²) < 4.78 is 10.9. The Morgan fingerprint density at radius 3 is 2.76 bits per heavy atom. The molecule has 0 heterocycles. The highest BCUT2D eigenvalue weighted by atomic mass is 16.5. The number of nitrogens with zero attached hydrogens (tertiary/aromatic N) is 1. The Hall–Kier alpha value is -0.590. The average Bonchev–Trinajstić information content (AvgIpc) is 2.35. The normalized spacial score (nSPS) is 28.9. The lowest BCUT2D eigenvalue weighted by atomic mass is 9.78. The van der Waals surface area contributed by atoms with Crippen molar-refractivity contribution in [3.8, 4) is 6.07 Å². The second kappa shape index (κ2) is 8.49. The topological polar surface area (TPSA) is 42.2 Å². The first-order valence-corrected chi connectivity index (χ1v) is 6.82. The van der Waals surface area contributed by atoms with Gasteiger partial charge in [-0.05, 0) is 31.6 Å². The van der Waals surface area contributed by atoms with Crippen molar-refractivity contribution in [2.24, 2.45) is 11.8 Å². The van der Waals surface area contributed by atoms with Crippen LogP contribution in [0.15, 0.2) is 0 Å². The molecule has 1 aliphatic rings. The van der Waals surface area contributed by atoms with Gasteiger partial charge >= 0.3 is 0 Å². The fourth-order valence-electron chi connectivity index (χ4n) is 2.65. The molecule has 3 unspecified atom stereocenters. The number of ether oxygens (including phenoxy) is 2. The molecule has 1 aliphatic carbocycles. The van der Waals surface area contributed by atoms with Gasteiger partial charge in [0, 0.05) is 20.3 Å². The predicted octanol–water partition coefficient (Wildman–Crippen LogP) is 3.15. The van der Waals surface area contributed by atoms with Gasteiger partial charge < -0.3 is 9.47 Å². The Balaban J connectivity index is 2.32. The molecule has 1 saturated carbocycles. The van der Waals surface area contributed by atoms with Gasteiger partial charge in [-0.15, -0.1) is 0 Å². The van der Waals surface area contributed by atoms with Gasteiger partial charge in [0.05, 0.1) is 18.1 Å². The van der Waals surface area contributed by atoms with E-state index in [-0.39, 0.29) is 12.0 Å². The molecular formula is C14H25NO2. The summed E-state index contributed by atoms with van der Waals surface area (Å²) in [6.07, 6.45) is 6.86. The summed E-state index contributed by atoms with van der Waals surface area (Å²) >= 11 is 0. The summed E-state index contributed by atoms with van der Waals surface area (Å²) in [4.78, 5) is 0. The van der Waals surface area contributed by atoms with E-state index in [0.717, 1.165) is 38.4 Å². The third-order valence-corrected chi connectivity index (χ3v) is 3.59. The zero-order valence-electron chi connectivity index (χ0n) is 11.2. The van der Waals surface area contributed by atoms with Crippen LogP contribution in [0.2, 0.25) is 0 Å². The molecule has 0 amide bonds. The maximum Gasteiger partial charge on any atom is 0.0735 e. The molecular weight excluding hydrogens is 214 g/mol. The lowest BCUT2D eigenvalue weighted by molar-refractivity contribution is -0.0172. The lowest BCUT2D eigenvalue weighted by Crippen LogP contribution is -2.31. The number of hydrogen-bond acceptors (Lipinski definition) is 3. The Morgan fingerprint density at radius 2 is 2.12 bits per heavy atom.